The Balaban J connectivity index is 2.06. The smallest absolute Gasteiger partial charge is 0.254 e. The summed E-state index contributed by atoms with van der Waals surface area (Å²) in [7, 11) is 0. The van der Waals surface area contributed by atoms with Gasteiger partial charge in [0, 0.05) is 17.8 Å². The third-order valence-electron chi connectivity index (χ3n) is 5.32. The van der Waals surface area contributed by atoms with Gasteiger partial charge in [-0.3, -0.25) is 4.79 Å². The first kappa shape index (κ1) is 13.6. The highest BCUT2D eigenvalue weighted by atomic mass is 16.3. The van der Waals surface area contributed by atoms with Crippen LogP contribution in [-0.2, 0) is 4.79 Å². The van der Waals surface area contributed by atoms with Gasteiger partial charge in [0.05, 0.1) is 6.61 Å². The van der Waals surface area contributed by atoms with E-state index in [0.717, 1.165) is 30.5 Å². The summed E-state index contributed by atoms with van der Waals surface area (Å²) in [5, 5.41) is 9.21. The summed E-state index contributed by atoms with van der Waals surface area (Å²) < 4.78 is 0. The zero-order valence-corrected chi connectivity index (χ0v) is 12.4. The van der Waals surface area contributed by atoms with E-state index < -0.39 is 0 Å². The Bertz CT molecular complexity index is 543. The number of hydrogen-bond donors (Lipinski definition) is 1. The molecule has 0 spiro atoms. The highest BCUT2D eigenvalue weighted by molar-refractivity contribution is 6.00. The van der Waals surface area contributed by atoms with Crippen LogP contribution in [0.4, 0.5) is 0 Å². The number of aliphatic hydroxyl groups excluding tert-OH is 1. The van der Waals surface area contributed by atoms with Gasteiger partial charge >= 0.3 is 0 Å². The first-order valence-corrected chi connectivity index (χ1v) is 7.51. The number of aliphatic hydroxyl groups is 1. The van der Waals surface area contributed by atoms with Crippen molar-refractivity contribution in [2.45, 2.75) is 39.5 Å². The summed E-state index contributed by atoms with van der Waals surface area (Å²) in [4.78, 5) is 14.1. The molecule has 1 heterocycles. The lowest BCUT2D eigenvalue weighted by Crippen LogP contribution is -2.37. The number of carbonyl (C=O) groups excluding carboxylic acids is 1. The Morgan fingerprint density at radius 3 is 3.00 bits per heavy atom. The lowest BCUT2D eigenvalue weighted by atomic mass is 9.60. The van der Waals surface area contributed by atoms with Crippen molar-refractivity contribution >= 4 is 5.91 Å². The number of allylic oxidation sites excluding steroid dienone is 3. The molecule has 2 atom stereocenters. The minimum absolute atomic E-state index is 0.0104. The summed E-state index contributed by atoms with van der Waals surface area (Å²) >= 11 is 0. The number of β-amino-alcohol motifs (C(OH)–C–C–N with tert-alkyl or cyclic N) is 1. The lowest BCUT2D eigenvalue weighted by molar-refractivity contribution is -0.124. The maximum Gasteiger partial charge on any atom is 0.254 e. The monoisotopic (exact) mass is 273 g/mol. The molecule has 1 fully saturated rings. The van der Waals surface area contributed by atoms with Crippen molar-refractivity contribution in [3.05, 3.63) is 35.1 Å². The number of fused-ring (bicyclic) bond motifs is 2. The third-order valence-corrected chi connectivity index (χ3v) is 5.32. The predicted octanol–water partition coefficient (Wildman–Crippen LogP) is 2.79. The minimum Gasteiger partial charge on any atom is -0.395 e. The van der Waals surface area contributed by atoms with Crippen LogP contribution in [0.2, 0.25) is 0 Å². The van der Waals surface area contributed by atoms with Gasteiger partial charge in [-0.2, -0.15) is 0 Å². The largest absolute Gasteiger partial charge is 0.395 e. The van der Waals surface area contributed by atoms with Crippen molar-refractivity contribution in [3.63, 3.8) is 0 Å². The predicted molar refractivity (Wildman–Crippen MR) is 78.8 cm³/mol. The average molecular weight is 273 g/mol. The van der Waals surface area contributed by atoms with E-state index in [1.807, 2.05) is 6.92 Å². The van der Waals surface area contributed by atoms with Gasteiger partial charge in [-0.25, -0.2) is 0 Å². The molecular formula is C17H23NO2. The van der Waals surface area contributed by atoms with E-state index in [-0.39, 0.29) is 17.9 Å². The minimum atomic E-state index is 0.0104. The molecular weight excluding hydrogens is 250 g/mol. The average Bonchev–Trinajstić information content (AvgIpc) is 2.62. The Morgan fingerprint density at radius 1 is 1.55 bits per heavy atom. The number of nitrogens with zero attached hydrogens (tertiary/aromatic N) is 1. The van der Waals surface area contributed by atoms with Crippen LogP contribution in [-0.4, -0.2) is 29.1 Å². The topological polar surface area (TPSA) is 40.5 Å². The van der Waals surface area contributed by atoms with Gasteiger partial charge in [0.2, 0.25) is 0 Å². The number of carbonyl (C=O) groups is 1. The quantitative estimate of drug-likeness (QED) is 0.786. The summed E-state index contributed by atoms with van der Waals surface area (Å²) in [6, 6.07) is 0. The first-order chi connectivity index (χ1) is 9.48. The van der Waals surface area contributed by atoms with E-state index in [4.69, 9.17) is 0 Å². The number of hydrogen-bond acceptors (Lipinski definition) is 2. The molecule has 0 aromatic carbocycles. The molecule has 3 rings (SSSR count). The molecule has 0 saturated heterocycles. The molecule has 1 amide bonds. The fourth-order valence-corrected chi connectivity index (χ4v) is 4.12. The normalized spacial score (nSPS) is 33.2. The van der Waals surface area contributed by atoms with E-state index >= 15 is 0 Å². The molecule has 2 unspecified atom stereocenters. The molecule has 0 bridgehead atoms. The molecule has 3 nitrogen and oxygen atoms in total. The highest BCUT2D eigenvalue weighted by Crippen LogP contribution is 2.54. The van der Waals surface area contributed by atoms with Gasteiger partial charge in [0.15, 0.2) is 0 Å². The van der Waals surface area contributed by atoms with Crippen LogP contribution < -0.4 is 0 Å². The van der Waals surface area contributed by atoms with Gasteiger partial charge in [-0.15, -0.1) is 0 Å². The van der Waals surface area contributed by atoms with Crippen molar-refractivity contribution in [2.75, 3.05) is 13.2 Å². The van der Waals surface area contributed by atoms with Crippen molar-refractivity contribution < 1.29 is 9.90 Å². The van der Waals surface area contributed by atoms with E-state index in [2.05, 4.69) is 19.6 Å². The second-order valence-electron chi connectivity index (χ2n) is 6.59. The Morgan fingerprint density at radius 2 is 2.30 bits per heavy atom. The molecule has 0 aromatic rings. The van der Waals surface area contributed by atoms with Gasteiger partial charge in [0.25, 0.3) is 5.91 Å². The highest BCUT2D eigenvalue weighted by Gasteiger charge is 2.45. The zero-order valence-electron chi connectivity index (χ0n) is 12.4. The maximum absolute atomic E-state index is 12.3. The molecule has 0 aromatic heterocycles. The summed E-state index contributed by atoms with van der Waals surface area (Å²) in [5.74, 6) is 0.528. The first-order valence-electron chi connectivity index (χ1n) is 7.51. The fraction of sp³-hybridized carbons (Fsp3) is 0.588. The number of amides is 1. The molecule has 108 valence electrons. The SMILES string of the molecule is C=C1CCCC2(C)C=C3C(=C(C)C(=O)N3CCO)CC12. The van der Waals surface area contributed by atoms with Crippen LogP contribution in [0, 0.1) is 11.3 Å². The van der Waals surface area contributed by atoms with E-state index in [9.17, 15) is 9.90 Å². The second-order valence-corrected chi connectivity index (χ2v) is 6.59. The second kappa shape index (κ2) is 4.59. The van der Waals surface area contributed by atoms with Gasteiger partial charge in [-0.1, -0.05) is 25.2 Å². The summed E-state index contributed by atoms with van der Waals surface area (Å²) in [6.45, 7) is 8.88. The molecule has 20 heavy (non-hydrogen) atoms. The molecule has 3 aliphatic rings. The molecule has 2 aliphatic carbocycles. The van der Waals surface area contributed by atoms with E-state index in [0.29, 0.717) is 12.5 Å². The van der Waals surface area contributed by atoms with Gasteiger partial charge in [0.1, 0.15) is 0 Å². The Labute approximate surface area is 120 Å². The maximum atomic E-state index is 12.3. The molecule has 1 saturated carbocycles. The van der Waals surface area contributed by atoms with Gasteiger partial charge in [-0.05, 0) is 49.5 Å². The van der Waals surface area contributed by atoms with Crippen molar-refractivity contribution in [3.8, 4) is 0 Å². The van der Waals surface area contributed by atoms with Crippen LogP contribution in [0.3, 0.4) is 0 Å². The standard InChI is InChI=1S/C17H23NO2/c1-11-5-4-6-17(3)10-15-13(9-14(11)17)12(2)16(20)18(15)7-8-19/h10,14,19H,1,4-9H2,2-3H3. The summed E-state index contributed by atoms with van der Waals surface area (Å²) in [5.41, 5.74) is 4.53. The Hall–Kier alpha value is -1.35. The van der Waals surface area contributed by atoms with Crippen LogP contribution in [0.1, 0.15) is 39.5 Å². The Kier molecular flexibility index (Phi) is 3.13. The van der Waals surface area contributed by atoms with Crippen LogP contribution in [0.15, 0.2) is 35.1 Å². The van der Waals surface area contributed by atoms with Crippen molar-refractivity contribution in [1.82, 2.24) is 4.90 Å². The molecule has 3 heteroatoms. The third kappa shape index (κ3) is 1.80. The van der Waals surface area contributed by atoms with Crippen LogP contribution in [0.5, 0.6) is 0 Å². The van der Waals surface area contributed by atoms with Crippen LogP contribution >= 0.6 is 0 Å². The van der Waals surface area contributed by atoms with Crippen LogP contribution in [0.25, 0.3) is 0 Å². The fourth-order valence-electron chi connectivity index (χ4n) is 4.12. The zero-order chi connectivity index (χ0) is 14.5. The number of rotatable bonds is 2. The van der Waals surface area contributed by atoms with Crippen molar-refractivity contribution in [1.29, 1.82) is 0 Å². The summed E-state index contributed by atoms with van der Waals surface area (Å²) in [6.07, 6.45) is 6.67. The van der Waals surface area contributed by atoms with Gasteiger partial charge < -0.3 is 10.0 Å². The molecule has 1 N–H and O–H groups in total. The van der Waals surface area contributed by atoms with E-state index in [1.165, 1.54) is 17.6 Å². The van der Waals surface area contributed by atoms with Crippen molar-refractivity contribution in [2.24, 2.45) is 11.3 Å². The lowest BCUT2D eigenvalue weighted by Gasteiger charge is -2.45. The molecule has 1 aliphatic heterocycles. The van der Waals surface area contributed by atoms with E-state index in [1.54, 1.807) is 4.90 Å². The molecule has 0 radical (unpaired) electrons.